The molecule has 24 heavy (non-hydrogen) atoms. The molecule has 0 spiro atoms. The molecule has 1 aromatic carbocycles. The second-order valence-electron chi connectivity index (χ2n) is 6.91. The van der Waals surface area contributed by atoms with Crippen LogP contribution in [0, 0.1) is 0 Å². The van der Waals surface area contributed by atoms with E-state index in [0.29, 0.717) is 12.5 Å². The van der Waals surface area contributed by atoms with E-state index < -0.39 is 6.10 Å². The van der Waals surface area contributed by atoms with Gasteiger partial charge in [-0.3, -0.25) is 4.90 Å². The van der Waals surface area contributed by atoms with Gasteiger partial charge in [0, 0.05) is 37.0 Å². The first-order chi connectivity index (χ1) is 11.7. The Labute approximate surface area is 144 Å². The molecule has 0 unspecified atom stereocenters. The van der Waals surface area contributed by atoms with Crippen LogP contribution in [-0.2, 0) is 6.54 Å². The molecule has 0 aliphatic heterocycles. The van der Waals surface area contributed by atoms with Crippen molar-refractivity contribution in [3.8, 4) is 0 Å². The van der Waals surface area contributed by atoms with E-state index in [-0.39, 0.29) is 0 Å². The van der Waals surface area contributed by atoms with Crippen molar-refractivity contribution in [1.29, 1.82) is 0 Å². The fourth-order valence-corrected chi connectivity index (χ4v) is 3.47. The molecule has 0 amide bonds. The molecule has 1 N–H and O–H groups in total. The smallest absolute Gasteiger partial charge is 0.131 e. The predicted molar refractivity (Wildman–Crippen MR) is 95.6 cm³/mol. The van der Waals surface area contributed by atoms with E-state index in [1.165, 1.54) is 32.1 Å². The van der Waals surface area contributed by atoms with Crippen molar-refractivity contribution >= 4 is 0 Å². The quantitative estimate of drug-likeness (QED) is 0.880. The number of aliphatic hydroxyl groups excluding tert-OH is 1. The molecule has 0 radical (unpaired) electrons. The lowest BCUT2D eigenvalue weighted by molar-refractivity contribution is 0.123. The van der Waals surface area contributed by atoms with Gasteiger partial charge in [-0.2, -0.15) is 0 Å². The molecule has 0 saturated heterocycles. The first-order valence-electron chi connectivity index (χ1n) is 8.95. The largest absolute Gasteiger partial charge is 0.387 e. The zero-order valence-electron chi connectivity index (χ0n) is 14.4. The van der Waals surface area contributed by atoms with Crippen LogP contribution in [0.15, 0.2) is 42.7 Å². The summed E-state index contributed by atoms with van der Waals surface area (Å²) in [4.78, 5) is 11.3. The van der Waals surface area contributed by atoms with Gasteiger partial charge in [0.15, 0.2) is 0 Å². The number of aromatic nitrogens is 2. The molecule has 4 nitrogen and oxygen atoms in total. The van der Waals surface area contributed by atoms with Gasteiger partial charge in [0.1, 0.15) is 5.82 Å². The molecular weight excluding hydrogens is 298 g/mol. The van der Waals surface area contributed by atoms with E-state index in [9.17, 15) is 5.11 Å². The lowest BCUT2D eigenvalue weighted by Gasteiger charge is -2.22. The van der Waals surface area contributed by atoms with Crippen LogP contribution in [0.2, 0.25) is 0 Å². The number of likely N-dealkylation sites (N-methyl/N-ethyl adjacent to an activating group) is 1. The summed E-state index contributed by atoms with van der Waals surface area (Å²) in [7, 11) is 2.02. The van der Waals surface area contributed by atoms with Crippen molar-refractivity contribution in [3.63, 3.8) is 0 Å². The summed E-state index contributed by atoms with van der Waals surface area (Å²) in [6, 6.07) is 9.79. The van der Waals surface area contributed by atoms with Crippen LogP contribution < -0.4 is 0 Å². The van der Waals surface area contributed by atoms with Gasteiger partial charge < -0.3 is 5.11 Å². The second-order valence-corrected chi connectivity index (χ2v) is 6.91. The molecular formula is C20H27N3O. The average molecular weight is 325 g/mol. The average Bonchev–Trinajstić information content (AvgIpc) is 2.64. The van der Waals surface area contributed by atoms with Crippen molar-refractivity contribution < 1.29 is 5.11 Å². The third-order valence-electron chi connectivity index (χ3n) is 4.82. The summed E-state index contributed by atoms with van der Waals surface area (Å²) in [6.07, 6.45) is 9.82. The number of nitrogens with zero attached hydrogens (tertiary/aromatic N) is 3. The van der Waals surface area contributed by atoms with Crippen LogP contribution in [0.5, 0.6) is 0 Å². The normalized spacial score (nSPS) is 17.1. The zero-order chi connectivity index (χ0) is 16.8. The number of aliphatic hydroxyl groups is 1. The van der Waals surface area contributed by atoms with E-state index in [1.54, 1.807) is 0 Å². The number of rotatable bonds is 6. The fourth-order valence-electron chi connectivity index (χ4n) is 3.47. The van der Waals surface area contributed by atoms with Crippen LogP contribution in [0.1, 0.15) is 61.1 Å². The molecule has 128 valence electrons. The highest BCUT2D eigenvalue weighted by atomic mass is 16.3. The van der Waals surface area contributed by atoms with E-state index >= 15 is 0 Å². The number of hydrogen-bond donors (Lipinski definition) is 1. The lowest BCUT2D eigenvalue weighted by atomic mass is 9.89. The van der Waals surface area contributed by atoms with Gasteiger partial charge in [-0.15, -0.1) is 0 Å². The summed E-state index contributed by atoms with van der Waals surface area (Å²) in [6.45, 7) is 1.34. The van der Waals surface area contributed by atoms with Gasteiger partial charge in [0.2, 0.25) is 0 Å². The van der Waals surface area contributed by atoms with Gasteiger partial charge in [0.25, 0.3) is 0 Å². The van der Waals surface area contributed by atoms with Crippen LogP contribution in [0.4, 0.5) is 0 Å². The molecule has 1 aromatic heterocycles. The van der Waals surface area contributed by atoms with E-state index in [2.05, 4.69) is 14.9 Å². The molecule has 0 bridgehead atoms. The van der Waals surface area contributed by atoms with Crippen molar-refractivity contribution in [2.45, 2.75) is 50.7 Å². The first-order valence-corrected chi connectivity index (χ1v) is 8.95. The number of hydrogen-bond acceptors (Lipinski definition) is 4. The Hall–Kier alpha value is -1.78. The standard InChI is InChI=1S/C20H27N3O/c1-23(15-19(24)17-8-4-2-5-9-17)14-16-12-21-20(22-13-16)18-10-6-3-7-11-18/h2,4-5,8-9,12-13,18-19,24H,3,6-7,10-11,14-15H2,1H3/t19-/m1/s1. The Morgan fingerprint density at radius 2 is 1.75 bits per heavy atom. The Bertz CT molecular complexity index is 609. The molecule has 4 heteroatoms. The van der Waals surface area contributed by atoms with Crippen molar-refractivity contribution in [2.24, 2.45) is 0 Å². The van der Waals surface area contributed by atoms with Crippen molar-refractivity contribution in [1.82, 2.24) is 14.9 Å². The third-order valence-corrected chi connectivity index (χ3v) is 4.82. The monoisotopic (exact) mass is 325 g/mol. The number of benzene rings is 1. The Kier molecular flexibility index (Phi) is 5.94. The Morgan fingerprint density at radius 3 is 2.42 bits per heavy atom. The second kappa shape index (κ2) is 8.36. The molecule has 1 saturated carbocycles. The highest BCUT2D eigenvalue weighted by Crippen LogP contribution is 2.30. The molecule has 2 aromatic rings. The molecule has 1 atom stereocenters. The van der Waals surface area contributed by atoms with Crippen molar-refractivity contribution in [2.75, 3.05) is 13.6 Å². The maximum atomic E-state index is 10.3. The molecule has 1 heterocycles. The van der Waals surface area contributed by atoms with Crippen LogP contribution >= 0.6 is 0 Å². The fraction of sp³-hybridized carbons (Fsp3) is 0.500. The molecule has 1 aliphatic carbocycles. The van der Waals surface area contributed by atoms with Gasteiger partial charge in [-0.25, -0.2) is 9.97 Å². The molecule has 3 rings (SSSR count). The van der Waals surface area contributed by atoms with Gasteiger partial charge in [-0.05, 0) is 25.5 Å². The minimum Gasteiger partial charge on any atom is -0.387 e. The topological polar surface area (TPSA) is 49.2 Å². The molecule has 1 aliphatic rings. The SMILES string of the molecule is CN(Cc1cnc(C2CCCCC2)nc1)C[C@@H](O)c1ccccc1. The highest BCUT2D eigenvalue weighted by molar-refractivity contribution is 5.17. The minimum absolute atomic E-state index is 0.473. The maximum absolute atomic E-state index is 10.3. The van der Waals surface area contributed by atoms with Crippen molar-refractivity contribution in [3.05, 3.63) is 59.7 Å². The van der Waals surface area contributed by atoms with Gasteiger partial charge in [-0.1, -0.05) is 49.6 Å². The van der Waals surface area contributed by atoms with Gasteiger partial charge in [0.05, 0.1) is 6.10 Å². The predicted octanol–water partition coefficient (Wildman–Crippen LogP) is 3.69. The first kappa shape index (κ1) is 17.1. The Balaban J connectivity index is 1.53. The van der Waals surface area contributed by atoms with Crippen LogP contribution in [-0.4, -0.2) is 33.6 Å². The summed E-state index contributed by atoms with van der Waals surface area (Å²) in [5.41, 5.74) is 2.05. The van der Waals surface area contributed by atoms with Crippen LogP contribution in [0.3, 0.4) is 0 Å². The molecule has 1 fully saturated rings. The van der Waals surface area contributed by atoms with E-state index in [4.69, 9.17) is 0 Å². The van der Waals surface area contributed by atoms with E-state index in [1.807, 2.05) is 49.8 Å². The van der Waals surface area contributed by atoms with Gasteiger partial charge >= 0.3 is 0 Å². The van der Waals surface area contributed by atoms with E-state index in [0.717, 1.165) is 23.5 Å². The third kappa shape index (κ3) is 4.62. The lowest BCUT2D eigenvalue weighted by Crippen LogP contribution is -2.24. The summed E-state index contributed by atoms with van der Waals surface area (Å²) in [5.74, 6) is 1.55. The zero-order valence-corrected chi connectivity index (χ0v) is 14.4. The maximum Gasteiger partial charge on any atom is 0.131 e. The highest BCUT2D eigenvalue weighted by Gasteiger charge is 2.18. The van der Waals surface area contributed by atoms with Crippen LogP contribution in [0.25, 0.3) is 0 Å². The summed E-state index contributed by atoms with van der Waals surface area (Å²) >= 11 is 0. The minimum atomic E-state index is -0.473. The summed E-state index contributed by atoms with van der Waals surface area (Å²) in [5, 5.41) is 10.3. The summed E-state index contributed by atoms with van der Waals surface area (Å²) < 4.78 is 0. The Morgan fingerprint density at radius 1 is 1.08 bits per heavy atom.